The van der Waals surface area contributed by atoms with Crippen LogP contribution in [0.1, 0.15) is 47.2 Å². The van der Waals surface area contributed by atoms with Crippen molar-refractivity contribution < 1.29 is 4.79 Å². The summed E-state index contributed by atoms with van der Waals surface area (Å²) in [6.45, 7) is 1.74. The zero-order chi connectivity index (χ0) is 18.9. The molecule has 3 rings (SSSR count). The Bertz CT molecular complexity index is 782. The van der Waals surface area contributed by atoms with E-state index >= 15 is 0 Å². The van der Waals surface area contributed by atoms with E-state index in [2.05, 4.69) is 47.0 Å². The van der Waals surface area contributed by atoms with Gasteiger partial charge in [0.05, 0.1) is 11.6 Å². The molecule has 2 atom stereocenters. The number of nitrogens with one attached hydrogen (secondary N) is 2. The molecule has 0 radical (unpaired) electrons. The molecule has 140 valence electrons. The topological polar surface area (TPSA) is 64.9 Å². The van der Waals surface area contributed by atoms with Gasteiger partial charge in [-0.3, -0.25) is 4.79 Å². The molecule has 1 saturated heterocycles. The molecule has 1 amide bonds. The van der Waals surface area contributed by atoms with Crippen molar-refractivity contribution in [2.24, 2.45) is 5.92 Å². The van der Waals surface area contributed by atoms with Crippen molar-refractivity contribution in [1.29, 1.82) is 5.26 Å². The molecule has 4 nitrogen and oxygen atoms in total. The highest BCUT2D eigenvalue weighted by Gasteiger charge is 2.21. The second-order valence-corrected chi connectivity index (χ2v) is 7.32. The van der Waals surface area contributed by atoms with Gasteiger partial charge in [0.2, 0.25) is 0 Å². The second kappa shape index (κ2) is 9.89. The molecule has 27 heavy (non-hydrogen) atoms. The van der Waals surface area contributed by atoms with Crippen LogP contribution in [0, 0.1) is 17.2 Å². The highest BCUT2D eigenvalue weighted by Crippen LogP contribution is 2.23. The molecule has 0 spiro atoms. The summed E-state index contributed by atoms with van der Waals surface area (Å²) in [6, 6.07) is 20.2. The second-order valence-electron chi connectivity index (χ2n) is 7.32. The van der Waals surface area contributed by atoms with Gasteiger partial charge in [-0.05, 0) is 68.3 Å². The van der Waals surface area contributed by atoms with Crippen LogP contribution in [0.5, 0.6) is 0 Å². The Morgan fingerprint density at radius 3 is 2.85 bits per heavy atom. The Labute approximate surface area is 161 Å². The van der Waals surface area contributed by atoms with Crippen molar-refractivity contribution in [3.63, 3.8) is 0 Å². The number of hydrogen-bond acceptors (Lipinski definition) is 3. The van der Waals surface area contributed by atoms with Gasteiger partial charge in [-0.2, -0.15) is 5.26 Å². The molecule has 1 heterocycles. The number of nitrogens with zero attached hydrogens (tertiary/aromatic N) is 1. The average Bonchev–Trinajstić information content (AvgIpc) is 2.72. The Morgan fingerprint density at radius 1 is 1.19 bits per heavy atom. The van der Waals surface area contributed by atoms with Crippen molar-refractivity contribution in [1.82, 2.24) is 10.6 Å². The summed E-state index contributed by atoms with van der Waals surface area (Å²) < 4.78 is 0. The standard InChI is InChI=1S/C23H27N3O/c24-17-20-8-4-9-21(15-20)23(27)26-12-5-10-22-16-19(11-13-25-22)14-18-6-2-1-3-7-18/h1-4,6-9,15,19,22,25H,5,10-14,16H2,(H,26,27)/t19-,22-/m0/s1. The van der Waals surface area contributed by atoms with Crippen molar-refractivity contribution in [3.05, 3.63) is 71.3 Å². The summed E-state index contributed by atoms with van der Waals surface area (Å²) in [5, 5.41) is 15.5. The normalized spacial score (nSPS) is 19.2. The van der Waals surface area contributed by atoms with Crippen LogP contribution >= 0.6 is 0 Å². The summed E-state index contributed by atoms with van der Waals surface area (Å²) in [7, 11) is 0. The fourth-order valence-corrected chi connectivity index (χ4v) is 3.83. The van der Waals surface area contributed by atoms with Crippen LogP contribution in [0.2, 0.25) is 0 Å². The van der Waals surface area contributed by atoms with Crippen LogP contribution in [-0.2, 0) is 6.42 Å². The fraction of sp³-hybridized carbons (Fsp3) is 0.391. The summed E-state index contributed by atoms with van der Waals surface area (Å²) in [5.74, 6) is 0.632. The third-order valence-electron chi connectivity index (χ3n) is 5.24. The first-order chi connectivity index (χ1) is 13.2. The first kappa shape index (κ1) is 19.1. The predicted molar refractivity (Wildman–Crippen MR) is 107 cm³/mol. The van der Waals surface area contributed by atoms with Crippen molar-refractivity contribution in [2.45, 2.75) is 38.1 Å². The Kier molecular flexibility index (Phi) is 7.01. The molecule has 2 aromatic carbocycles. The van der Waals surface area contributed by atoms with Crippen molar-refractivity contribution in [3.8, 4) is 6.07 Å². The molecule has 1 aliphatic rings. The summed E-state index contributed by atoms with van der Waals surface area (Å²) in [4.78, 5) is 12.2. The number of rotatable bonds is 7. The van der Waals surface area contributed by atoms with Crippen LogP contribution < -0.4 is 10.6 Å². The quantitative estimate of drug-likeness (QED) is 0.740. The van der Waals surface area contributed by atoms with Crippen LogP contribution in [0.4, 0.5) is 0 Å². The van der Waals surface area contributed by atoms with E-state index in [0.29, 0.717) is 23.7 Å². The monoisotopic (exact) mass is 361 g/mol. The van der Waals surface area contributed by atoms with E-state index in [1.54, 1.807) is 24.3 Å². The molecular formula is C23H27N3O. The van der Waals surface area contributed by atoms with Gasteiger partial charge in [-0.25, -0.2) is 0 Å². The van der Waals surface area contributed by atoms with E-state index in [4.69, 9.17) is 5.26 Å². The average molecular weight is 361 g/mol. The predicted octanol–water partition coefficient (Wildman–Crippen LogP) is 3.68. The first-order valence-electron chi connectivity index (χ1n) is 9.80. The van der Waals surface area contributed by atoms with Gasteiger partial charge >= 0.3 is 0 Å². The third-order valence-corrected chi connectivity index (χ3v) is 5.24. The molecule has 0 saturated carbocycles. The minimum Gasteiger partial charge on any atom is -0.352 e. The molecule has 0 bridgehead atoms. The highest BCUT2D eigenvalue weighted by molar-refractivity contribution is 5.94. The lowest BCUT2D eigenvalue weighted by Gasteiger charge is -2.30. The van der Waals surface area contributed by atoms with E-state index in [0.717, 1.165) is 31.7 Å². The Balaban J connectivity index is 1.38. The Morgan fingerprint density at radius 2 is 2.04 bits per heavy atom. The zero-order valence-electron chi connectivity index (χ0n) is 15.7. The zero-order valence-corrected chi connectivity index (χ0v) is 15.7. The maximum Gasteiger partial charge on any atom is 0.251 e. The number of benzene rings is 2. The van der Waals surface area contributed by atoms with Gasteiger partial charge in [0.1, 0.15) is 0 Å². The minimum absolute atomic E-state index is 0.106. The smallest absolute Gasteiger partial charge is 0.251 e. The van der Waals surface area contributed by atoms with Gasteiger partial charge in [0.15, 0.2) is 0 Å². The van der Waals surface area contributed by atoms with Crippen LogP contribution in [0.25, 0.3) is 0 Å². The van der Waals surface area contributed by atoms with Gasteiger partial charge in [0.25, 0.3) is 5.91 Å². The summed E-state index contributed by atoms with van der Waals surface area (Å²) in [5.41, 5.74) is 2.49. The lowest BCUT2D eigenvalue weighted by molar-refractivity contribution is 0.0952. The fourth-order valence-electron chi connectivity index (χ4n) is 3.83. The van der Waals surface area contributed by atoms with Gasteiger partial charge in [-0.15, -0.1) is 0 Å². The third kappa shape index (κ3) is 5.94. The maximum absolute atomic E-state index is 12.2. The van der Waals surface area contributed by atoms with Gasteiger partial charge in [-0.1, -0.05) is 36.4 Å². The van der Waals surface area contributed by atoms with E-state index in [1.807, 2.05) is 0 Å². The van der Waals surface area contributed by atoms with Gasteiger partial charge < -0.3 is 10.6 Å². The van der Waals surface area contributed by atoms with E-state index in [-0.39, 0.29) is 5.91 Å². The number of hydrogen-bond donors (Lipinski definition) is 2. The molecule has 1 fully saturated rings. The summed E-state index contributed by atoms with van der Waals surface area (Å²) >= 11 is 0. The number of carbonyl (C=O) groups excluding carboxylic acids is 1. The molecule has 2 N–H and O–H groups in total. The number of carbonyl (C=O) groups is 1. The molecular weight excluding hydrogens is 334 g/mol. The SMILES string of the molecule is N#Cc1cccc(C(=O)NCCC[C@H]2C[C@H](Cc3ccccc3)CCN2)c1. The lowest BCUT2D eigenvalue weighted by Crippen LogP contribution is -2.39. The van der Waals surface area contributed by atoms with Crippen LogP contribution in [0.15, 0.2) is 54.6 Å². The van der Waals surface area contributed by atoms with Crippen molar-refractivity contribution in [2.75, 3.05) is 13.1 Å². The number of piperidine rings is 1. The molecule has 1 aliphatic heterocycles. The maximum atomic E-state index is 12.2. The van der Waals surface area contributed by atoms with E-state index in [9.17, 15) is 4.79 Å². The number of nitriles is 1. The molecule has 0 unspecified atom stereocenters. The van der Waals surface area contributed by atoms with Gasteiger partial charge in [0, 0.05) is 18.2 Å². The van der Waals surface area contributed by atoms with E-state index < -0.39 is 0 Å². The molecule has 4 heteroatoms. The van der Waals surface area contributed by atoms with Crippen LogP contribution in [-0.4, -0.2) is 25.0 Å². The highest BCUT2D eigenvalue weighted by atomic mass is 16.1. The first-order valence-corrected chi connectivity index (χ1v) is 9.80. The molecule has 0 aliphatic carbocycles. The van der Waals surface area contributed by atoms with Crippen LogP contribution in [0.3, 0.4) is 0 Å². The summed E-state index contributed by atoms with van der Waals surface area (Å²) in [6.07, 6.45) is 5.62. The number of amides is 1. The molecule has 2 aromatic rings. The largest absolute Gasteiger partial charge is 0.352 e. The lowest BCUT2D eigenvalue weighted by atomic mass is 9.86. The Hall–Kier alpha value is -2.64. The van der Waals surface area contributed by atoms with E-state index in [1.165, 1.54) is 18.4 Å². The van der Waals surface area contributed by atoms with Crippen molar-refractivity contribution >= 4 is 5.91 Å². The minimum atomic E-state index is -0.106. The molecule has 0 aromatic heterocycles.